The standard InChI is InChI=1S/C11H17NO2S/c1-12(2)10(9-4-3-5-15-9)11(6-13)7-14-8-11/h3-5,10,13H,6-8H2,1-2H3. The maximum atomic E-state index is 9.55. The van der Waals surface area contributed by atoms with Gasteiger partial charge in [-0.3, -0.25) is 0 Å². The van der Waals surface area contributed by atoms with E-state index in [1.807, 2.05) is 0 Å². The molecule has 3 nitrogen and oxygen atoms in total. The van der Waals surface area contributed by atoms with Crippen LogP contribution in [0.1, 0.15) is 10.9 Å². The van der Waals surface area contributed by atoms with Gasteiger partial charge >= 0.3 is 0 Å². The second kappa shape index (κ2) is 4.22. The van der Waals surface area contributed by atoms with Crippen LogP contribution in [0, 0.1) is 5.41 Å². The first-order chi connectivity index (χ1) is 7.19. The van der Waals surface area contributed by atoms with Gasteiger partial charge < -0.3 is 14.7 Å². The van der Waals surface area contributed by atoms with Gasteiger partial charge in [-0.15, -0.1) is 11.3 Å². The maximum Gasteiger partial charge on any atom is 0.0606 e. The fourth-order valence-electron chi connectivity index (χ4n) is 2.25. The molecule has 0 spiro atoms. The topological polar surface area (TPSA) is 32.7 Å². The molecule has 2 heterocycles. The van der Waals surface area contributed by atoms with Gasteiger partial charge in [0.25, 0.3) is 0 Å². The predicted octanol–water partition coefficient (Wildman–Crippen LogP) is 1.36. The van der Waals surface area contributed by atoms with E-state index in [-0.39, 0.29) is 18.1 Å². The number of ether oxygens (including phenoxy) is 1. The lowest BCUT2D eigenvalue weighted by atomic mass is 9.77. The van der Waals surface area contributed by atoms with Crippen LogP contribution in [-0.4, -0.2) is 43.9 Å². The van der Waals surface area contributed by atoms with Crippen molar-refractivity contribution in [1.29, 1.82) is 0 Å². The van der Waals surface area contributed by atoms with Crippen LogP contribution in [0.25, 0.3) is 0 Å². The van der Waals surface area contributed by atoms with Crippen molar-refractivity contribution < 1.29 is 9.84 Å². The van der Waals surface area contributed by atoms with Crippen molar-refractivity contribution in [1.82, 2.24) is 4.90 Å². The summed E-state index contributed by atoms with van der Waals surface area (Å²) in [6.45, 7) is 1.50. The largest absolute Gasteiger partial charge is 0.396 e. The first kappa shape index (κ1) is 11.1. The van der Waals surface area contributed by atoms with Crippen LogP contribution < -0.4 is 0 Å². The lowest BCUT2D eigenvalue weighted by Gasteiger charge is -2.48. The van der Waals surface area contributed by atoms with E-state index in [1.165, 1.54) is 4.88 Å². The highest BCUT2D eigenvalue weighted by molar-refractivity contribution is 7.10. The number of hydrogen-bond acceptors (Lipinski definition) is 4. The number of hydrogen-bond donors (Lipinski definition) is 1. The number of aliphatic hydroxyl groups is 1. The van der Waals surface area contributed by atoms with Gasteiger partial charge in [0, 0.05) is 4.88 Å². The Labute approximate surface area is 94.3 Å². The third kappa shape index (κ3) is 1.83. The van der Waals surface area contributed by atoms with Gasteiger partial charge in [0.05, 0.1) is 31.3 Å². The summed E-state index contributed by atoms with van der Waals surface area (Å²) in [5.74, 6) is 0. The molecule has 1 aliphatic heterocycles. The minimum Gasteiger partial charge on any atom is -0.396 e. The normalized spacial score (nSPS) is 21.3. The summed E-state index contributed by atoms with van der Waals surface area (Å²) in [4.78, 5) is 3.47. The second-order valence-corrected chi connectivity index (χ2v) is 5.37. The highest BCUT2D eigenvalue weighted by atomic mass is 32.1. The molecule has 0 bridgehead atoms. The molecule has 1 unspecified atom stereocenters. The van der Waals surface area contributed by atoms with Crippen LogP contribution in [-0.2, 0) is 4.74 Å². The van der Waals surface area contributed by atoms with Crippen LogP contribution in [0.5, 0.6) is 0 Å². The summed E-state index contributed by atoms with van der Waals surface area (Å²) in [6.07, 6.45) is 0. The Morgan fingerprint density at radius 1 is 1.60 bits per heavy atom. The van der Waals surface area contributed by atoms with Gasteiger partial charge in [-0.05, 0) is 25.5 Å². The number of rotatable bonds is 4. The van der Waals surface area contributed by atoms with E-state index in [0.717, 1.165) is 0 Å². The molecule has 15 heavy (non-hydrogen) atoms. The van der Waals surface area contributed by atoms with Gasteiger partial charge in [0.15, 0.2) is 0 Å². The average Bonchev–Trinajstić information content (AvgIpc) is 2.62. The van der Waals surface area contributed by atoms with Crippen LogP contribution in [0.15, 0.2) is 17.5 Å². The summed E-state index contributed by atoms with van der Waals surface area (Å²) in [5, 5.41) is 11.6. The third-order valence-electron chi connectivity index (χ3n) is 3.00. The van der Waals surface area contributed by atoms with Gasteiger partial charge in [0.1, 0.15) is 0 Å². The molecule has 0 saturated carbocycles. The molecular weight excluding hydrogens is 210 g/mol. The van der Waals surface area contributed by atoms with Crippen LogP contribution in [0.3, 0.4) is 0 Å². The van der Waals surface area contributed by atoms with E-state index in [4.69, 9.17) is 4.74 Å². The molecule has 0 amide bonds. The van der Waals surface area contributed by atoms with Crippen molar-refractivity contribution in [2.24, 2.45) is 5.41 Å². The smallest absolute Gasteiger partial charge is 0.0606 e. The van der Waals surface area contributed by atoms with E-state index in [2.05, 4.69) is 36.5 Å². The molecule has 1 aromatic rings. The van der Waals surface area contributed by atoms with Crippen molar-refractivity contribution >= 4 is 11.3 Å². The van der Waals surface area contributed by atoms with Gasteiger partial charge in [-0.25, -0.2) is 0 Å². The Hall–Kier alpha value is -0.420. The monoisotopic (exact) mass is 227 g/mol. The van der Waals surface area contributed by atoms with Gasteiger partial charge in [-0.2, -0.15) is 0 Å². The van der Waals surface area contributed by atoms with Gasteiger partial charge in [-0.1, -0.05) is 6.07 Å². The number of nitrogens with zero attached hydrogens (tertiary/aromatic N) is 1. The first-order valence-corrected chi connectivity index (χ1v) is 5.96. The Kier molecular flexibility index (Phi) is 3.11. The molecule has 2 rings (SSSR count). The van der Waals surface area contributed by atoms with Crippen LogP contribution in [0.2, 0.25) is 0 Å². The van der Waals surface area contributed by atoms with E-state index in [0.29, 0.717) is 13.2 Å². The van der Waals surface area contributed by atoms with E-state index >= 15 is 0 Å². The maximum absolute atomic E-state index is 9.55. The summed E-state index contributed by atoms with van der Waals surface area (Å²) in [6, 6.07) is 4.45. The van der Waals surface area contributed by atoms with Crippen LogP contribution in [0.4, 0.5) is 0 Å². The van der Waals surface area contributed by atoms with E-state index in [9.17, 15) is 5.11 Å². The molecule has 4 heteroatoms. The summed E-state index contributed by atoms with van der Waals surface area (Å²) in [7, 11) is 4.11. The molecule has 1 aromatic heterocycles. The highest BCUT2D eigenvalue weighted by Crippen LogP contribution is 2.44. The Bertz CT molecular complexity index is 301. The first-order valence-electron chi connectivity index (χ1n) is 5.08. The summed E-state index contributed by atoms with van der Waals surface area (Å²) in [5.41, 5.74) is -0.103. The Balaban J connectivity index is 2.27. The van der Waals surface area contributed by atoms with E-state index in [1.54, 1.807) is 11.3 Å². The molecule has 84 valence electrons. The molecule has 0 aromatic carbocycles. The third-order valence-corrected chi connectivity index (χ3v) is 3.93. The number of aliphatic hydroxyl groups excluding tert-OH is 1. The average molecular weight is 227 g/mol. The quantitative estimate of drug-likeness (QED) is 0.843. The SMILES string of the molecule is CN(C)C(c1cccs1)C1(CO)COC1. The van der Waals surface area contributed by atoms with Crippen molar-refractivity contribution in [2.45, 2.75) is 6.04 Å². The molecule has 1 N–H and O–H groups in total. The van der Waals surface area contributed by atoms with Gasteiger partial charge in [0.2, 0.25) is 0 Å². The Morgan fingerprint density at radius 3 is 2.67 bits per heavy atom. The number of thiophene rings is 1. The van der Waals surface area contributed by atoms with Crippen molar-refractivity contribution in [2.75, 3.05) is 33.9 Å². The van der Waals surface area contributed by atoms with Crippen molar-refractivity contribution in [3.8, 4) is 0 Å². The molecule has 0 radical (unpaired) electrons. The zero-order valence-electron chi connectivity index (χ0n) is 9.14. The molecule has 1 aliphatic rings. The fraction of sp³-hybridized carbons (Fsp3) is 0.636. The lowest BCUT2D eigenvalue weighted by Crippen LogP contribution is -2.53. The predicted molar refractivity (Wildman–Crippen MR) is 61.1 cm³/mol. The highest BCUT2D eigenvalue weighted by Gasteiger charge is 2.47. The zero-order chi connectivity index (χ0) is 10.9. The fourth-order valence-corrected chi connectivity index (χ4v) is 3.31. The molecule has 0 aliphatic carbocycles. The minimum absolute atomic E-state index is 0.103. The Morgan fingerprint density at radius 2 is 2.33 bits per heavy atom. The van der Waals surface area contributed by atoms with E-state index < -0.39 is 0 Å². The van der Waals surface area contributed by atoms with Crippen molar-refractivity contribution in [3.63, 3.8) is 0 Å². The summed E-state index contributed by atoms with van der Waals surface area (Å²) < 4.78 is 5.28. The summed E-state index contributed by atoms with van der Waals surface area (Å²) >= 11 is 1.74. The van der Waals surface area contributed by atoms with Crippen molar-refractivity contribution in [3.05, 3.63) is 22.4 Å². The minimum atomic E-state index is -0.103. The van der Waals surface area contributed by atoms with Crippen LogP contribution >= 0.6 is 11.3 Å². The molecule has 1 atom stereocenters. The molecular formula is C11H17NO2S. The lowest BCUT2D eigenvalue weighted by molar-refractivity contribution is -0.171. The molecule has 1 fully saturated rings. The molecule has 1 saturated heterocycles. The zero-order valence-corrected chi connectivity index (χ0v) is 9.96. The second-order valence-electron chi connectivity index (χ2n) is 4.39.